The zero-order valence-corrected chi connectivity index (χ0v) is 39.9. The molecule has 0 saturated carbocycles. The van der Waals surface area contributed by atoms with Crippen LogP contribution in [0, 0.1) is 0 Å². The SMILES string of the molecule is C=C/C=C(\C=C/C)n1c2ccccc2c2cc(-c3ccc4c(c3)-c3cc(C5=Cc6c(n(-c7ccccc7)c7ccccc67)CC5)cc(-c5ccc6c(c5)c5ccccc5n6C5=CC=CCC5)c3C4)ccc21. The highest BCUT2D eigenvalue weighted by Crippen LogP contribution is 2.48. The summed E-state index contributed by atoms with van der Waals surface area (Å²) >= 11 is 0. The summed E-state index contributed by atoms with van der Waals surface area (Å²) in [5, 5.41) is 6.39. The average Bonchev–Trinajstić information content (AvgIpc) is 4.17. The normalized spacial score (nSPS) is 14.5. The van der Waals surface area contributed by atoms with E-state index < -0.39 is 0 Å². The van der Waals surface area contributed by atoms with E-state index in [1.807, 2.05) is 6.08 Å². The van der Waals surface area contributed by atoms with Crippen LogP contribution in [0.3, 0.4) is 0 Å². The number of benzene rings is 8. The number of rotatable bonds is 8. The van der Waals surface area contributed by atoms with Gasteiger partial charge in [0.1, 0.15) is 0 Å². The van der Waals surface area contributed by atoms with Crippen molar-refractivity contribution in [3.8, 4) is 39.1 Å². The van der Waals surface area contributed by atoms with Gasteiger partial charge in [0.15, 0.2) is 0 Å². The third-order valence-electron chi connectivity index (χ3n) is 15.5. The summed E-state index contributed by atoms with van der Waals surface area (Å²) in [6.45, 7) is 6.11. The van der Waals surface area contributed by atoms with Crippen LogP contribution in [0.2, 0.25) is 0 Å². The molecule has 3 aromatic heterocycles. The van der Waals surface area contributed by atoms with Gasteiger partial charge >= 0.3 is 0 Å². The van der Waals surface area contributed by atoms with Gasteiger partial charge in [0.2, 0.25) is 0 Å². The number of para-hydroxylation sites is 4. The van der Waals surface area contributed by atoms with Crippen molar-refractivity contribution >= 4 is 77.6 Å². The second-order valence-corrected chi connectivity index (χ2v) is 19.4. The Kier molecular flexibility index (Phi) is 9.60. The third kappa shape index (κ3) is 6.50. The number of hydrogen-bond donors (Lipinski definition) is 0. The van der Waals surface area contributed by atoms with Crippen molar-refractivity contribution in [1.82, 2.24) is 13.7 Å². The molecule has 3 aliphatic rings. The molecule has 3 aliphatic carbocycles. The summed E-state index contributed by atoms with van der Waals surface area (Å²) in [5.74, 6) is 0. The minimum Gasteiger partial charge on any atom is -0.313 e. The van der Waals surface area contributed by atoms with Gasteiger partial charge in [-0.25, -0.2) is 0 Å². The summed E-state index contributed by atoms with van der Waals surface area (Å²) in [4.78, 5) is 0. The third-order valence-corrected chi connectivity index (χ3v) is 15.5. The first-order valence-electron chi connectivity index (χ1n) is 25.2. The largest absolute Gasteiger partial charge is 0.313 e. The fourth-order valence-corrected chi connectivity index (χ4v) is 12.4. The van der Waals surface area contributed by atoms with Crippen molar-refractivity contribution in [3.05, 3.63) is 247 Å². The van der Waals surface area contributed by atoms with Gasteiger partial charge in [0.25, 0.3) is 0 Å². The van der Waals surface area contributed by atoms with E-state index in [0.717, 1.165) is 37.8 Å². The number of nitrogens with zero attached hydrogens (tertiary/aromatic N) is 3. The molecule has 0 saturated heterocycles. The maximum atomic E-state index is 4.04. The molecular weight excluding hydrogens is 859 g/mol. The molecule has 0 radical (unpaired) electrons. The Bertz CT molecular complexity index is 4210. The molecule has 0 spiro atoms. The van der Waals surface area contributed by atoms with Crippen LogP contribution in [-0.2, 0) is 12.8 Å². The molecule has 0 atom stereocenters. The number of fused-ring (bicyclic) bond motifs is 12. The lowest BCUT2D eigenvalue weighted by Crippen LogP contribution is -2.05. The smallest absolute Gasteiger partial charge is 0.0541 e. The van der Waals surface area contributed by atoms with Crippen LogP contribution in [0.15, 0.2) is 219 Å². The van der Waals surface area contributed by atoms with E-state index in [0.29, 0.717) is 0 Å². The molecule has 8 aromatic carbocycles. The van der Waals surface area contributed by atoms with Gasteiger partial charge < -0.3 is 13.7 Å². The molecule has 14 rings (SSSR count). The van der Waals surface area contributed by atoms with E-state index in [1.165, 1.54) is 133 Å². The Morgan fingerprint density at radius 3 is 1.97 bits per heavy atom. The second kappa shape index (κ2) is 16.5. The van der Waals surface area contributed by atoms with E-state index in [2.05, 4.69) is 240 Å². The van der Waals surface area contributed by atoms with Gasteiger partial charge in [0.05, 0.1) is 27.6 Å². The summed E-state index contributed by atoms with van der Waals surface area (Å²) in [6, 6.07) is 64.1. The van der Waals surface area contributed by atoms with E-state index in [-0.39, 0.29) is 0 Å². The maximum absolute atomic E-state index is 4.04. The van der Waals surface area contributed by atoms with E-state index in [1.54, 1.807) is 0 Å². The van der Waals surface area contributed by atoms with Crippen molar-refractivity contribution in [2.45, 2.75) is 39.0 Å². The number of hydrogen-bond acceptors (Lipinski definition) is 0. The zero-order chi connectivity index (χ0) is 47.2. The summed E-state index contributed by atoms with van der Waals surface area (Å²) in [6.07, 6.45) is 22.4. The van der Waals surface area contributed by atoms with E-state index >= 15 is 0 Å². The minimum atomic E-state index is 0.892. The molecule has 3 nitrogen and oxygen atoms in total. The summed E-state index contributed by atoms with van der Waals surface area (Å²) in [7, 11) is 0. The van der Waals surface area contributed by atoms with Gasteiger partial charge in [-0.05, 0) is 192 Å². The first-order chi connectivity index (χ1) is 35.1. The van der Waals surface area contributed by atoms with E-state index in [4.69, 9.17) is 0 Å². The first kappa shape index (κ1) is 41.3. The second-order valence-electron chi connectivity index (χ2n) is 19.4. The van der Waals surface area contributed by atoms with Gasteiger partial charge in [-0.3, -0.25) is 0 Å². The fourth-order valence-electron chi connectivity index (χ4n) is 12.4. The maximum Gasteiger partial charge on any atom is 0.0541 e. The predicted molar refractivity (Wildman–Crippen MR) is 303 cm³/mol. The highest BCUT2D eigenvalue weighted by molar-refractivity contribution is 6.13. The predicted octanol–water partition coefficient (Wildman–Crippen LogP) is 18.0. The molecule has 0 amide bonds. The first-order valence-corrected chi connectivity index (χ1v) is 25.2. The molecule has 11 aromatic rings. The Morgan fingerprint density at radius 1 is 0.535 bits per heavy atom. The van der Waals surface area contributed by atoms with Crippen LogP contribution in [0.5, 0.6) is 0 Å². The van der Waals surface area contributed by atoms with Crippen LogP contribution in [0.4, 0.5) is 0 Å². The Labute approximate surface area is 414 Å². The van der Waals surface area contributed by atoms with Crippen LogP contribution in [-0.4, -0.2) is 13.7 Å². The van der Waals surface area contributed by atoms with Gasteiger partial charge in [-0.1, -0.05) is 128 Å². The topological polar surface area (TPSA) is 14.8 Å². The quantitative estimate of drug-likeness (QED) is 0.135. The van der Waals surface area contributed by atoms with Crippen LogP contribution >= 0.6 is 0 Å². The minimum absolute atomic E-state index is 0.892. The van der Waals surface area contributed by atoms with Crippen molar-refractivity contribution in [2.75, 3.05) is 0 Å². The highest BCUT2D eigenvalue weighted by Gasteiger charge is 2.28. The van der Waals surface area contributed by atoms with Gasteiger partial charge in [0, 0.05) is 55.3 Å². The van der Waals surface area contributed by atoms with Crippen LogP contribution in [0.25, 0.3) is 117 Å². The lowest BCUT2D eigenvalue weighted by Gasteiger charge is -2.20. The zero-order valence-electron chi connectivity index (χ0n) is 39.9. The van der Waals surface area contributed by atoms with Gasteiger partial charge in [-0.2, -0.15) is 0 Å². The van der Waals surface area contributed by atoms with Crippen molar-refractivity contribution < 1.29 is 0 Å². The lowest BCUT2D eigenvalue weighted by atomic mass is 9.86. The Morgan fingerprint density at radius 2 is 1.17 bits per heavy atom. The summed E-state index contributed by atoms with van der Waals surface area (Å²) < 4.78 is 7.35. The Balaban J connectivity index is 0.958. The van der Waals surface area contributed by atoms with Crippen molar-refractivity contribution in [2.24, 2.45) is 0 Å². The molecule has 338 valence electrons. The van der Waals surface area contributed by atoms with Crippen LogP contribution in [0.1, 0.15) is 54.1 Å². The molecule has 0 unspecified atom stereocenters. The van der Waals surface area contributed by atoms with Crippen molar-refractivity contribution in [1.29, 1.82) is 0 Å². The lowest BCUT2D eigenvalue weighted by molar-refractivity contribution is 0.898. The molecule has 71 heavy (non-hydrogen) atoms. The molecule has 3 heteroatoms. The number of aromatic nitrogens is 3. The van der Waals surface area contributed by atoms with Crippen molar-refractivity contribution in [3.63, 3.8) is 0 Å². The van der Waals surface area contributed by atoms with Crippen LogP contribution < -0.4 is 0 Å². The fraction of sp³-hybridized carbons (Fsp3) is 0.0882. The monoisotopic (exact) mass is 909 g/mol. The number of allylic oxidation sites excluding steroid dienone is 10. The van der Waals surface area contributed by atoms with Gasteiger partial charge in [-0.15, -0.1) is 0 Å². The van der Waals surface area contributed by atoms with E-state index in [9.17, 15) is 0 Å². The molecule has 0 fully saturated rings. The summed E-state index contributed by atoms with van der Waals surface area (Å²) in [5.41, 5.74) is 25.8. The average molecular weight is 910 g/mol. The molecular formula is C68H51N3. The molecule has 0 N–H and O–H groups in total. The molecule has 0 aliphatic heterocycles. The standard InChI is InChI=1S/C68H51N3/c1-3-17-50(18-4-2)69-63-26-14-11-23-53(63)60-38-45(31-34-66(60)69)44-29-30-47-40-58-57(48-33-36-68-62(41-48)55-25-13-16-28-65(55)71(68)52-21-9-6-10-22-52)42-49(43-59(58)56(47)37-44)46-32-35-67-61(39-46)54-24-12-15-27-64(54)70(67)51-19-7-5-8-20-51/h3-9,11-21,23-31,33-34,36-39,41-43H,1,10,22,32,35,40H2,2H3/b18-4-,50-17+. The highest BCUT2D eigenvalue weighted by atomic mass is 15.0. The molecule has 0 bridgehead atoms. The Hall–Kier alpha value is -8.66. The molecule has 3 heterocycles.